The smallest absolute Gasteiger partial charge is 0.390 e. The Morgan fingerprint density at radius 2 is 1.75 bits per heavy atom. The number of amides is 3. The summed E-state index contributed by atoms with van der Waals surface area (Å²) < 4.78 is 13.0. The number of hydrogen-bond donors (Lipinski definition) is 1. The first-order valence-corrected chi connectivity index (χ1v) is 17.9. The van der Waals surface area contributed by atoms with Crippen LogP contribution in [0, 0.1) is 10.1 Å². The summed E-state index contributed by atoms with van der Waals surface area (Å²) >= 11 is 13.6. The van der Waals surface area contributed by atoms with E-state index in [0.717, 1.165) is 5.69 Å². The van der Waals surface area contributed by atoms with Gasteiger partial charge in [0.1, 0.15) is 33.9 Å². The lowest BCUT2D eigenvalue weighted by Crippen LogP contribution is -3.00. The number of aryl methyl sites for hydroxylation is 1. The molecule has 16 nitrogen and oxygen atoms in total. The van der Waals surface area contributed by atoms with Gasteiger partial charge in [0.15, 0.2) is 5.69 Å². The Labute approximate surface area is 338 Å². The van der Waals surface area contributed by atoms with Gasteiger partial charge in [-0.25, -0.2) is 9.78 Å². The molecule has 0 spiro atoms. The van der Waals surface area contributed by atoms with Crippen molar-refractivity contribution in [1.82, 2.24) is 24.4 Å². The van der Waals surface area contributed by atoms with Crippen LogP contribution in [0.15, 0.2) is 61.1 Å². The number of benzene rings is 2. The van der Waals surface area contributed by atoms with E-state index in [4.69, 9.17) is 37.7 Å². The molecule has 2 aromatic heterocycles. The molecular formula is C36H41BrCl2N10O6. The lowest BCUT2D eigenvalue weighted by molar-refractivity contribution is -0.898. The van der Waals surface area contributed by atoms with Crippen molar-refractivity contribution >= 4 is 64.1 Å². The van der Waals surface area contributed by atoms with Crippen LogP contribution in [-0.4, -0.2) is 99.8 Å². The van der Waals surface area contributed by atoms with Gasteiger partial charge in [0.05, 0.1) is 47.1 Å². The number of para-hydroxylation sites is 1. The number of nitrogens with zero attached hydrogens (tertiary/aromatic N) is 9. The molecule has 3 amide bonds. The second kappa shape index (κ2) is 17.2. The van der Waals surface area contributed by atoms with E-state index < -0.39 is 11.0 Å². The van der Waals surface area contributed by atoms with Crippen LogP contribution in [0.25, 0.3) is 0 Å². The Bertz CT molecular complexity index is 2060. The fraction of sp³-hybridized carbons (Fsp3) is 0.361. The Balaban J connectivity index is 0.00000580. The number of fused-ring (bicyclic) bond motifs is 1. The molecular weight excluding hydrogens is 819 g/mol. The summed E-state index contributed by atoms with van der Waals surface area (Å²) in [6, 6.07) is 10.3. The minimum absolute atomic E-state index is 0. The summed E-state index contributed by atoms with van der Waals surface area (Å²) in [4.78, 5) is 57.1. The van der Waals surface area contributed by atoms with Crippen molar-refractivity contribution in [3.05, 3.63) is 92.5 Å². The highest BCUT2D eigenvalue weighted by atomic mass is 79.9. The number of rotatable bonds is 12. The van der Waals surface area contributed by atoms with Gasteiger partial charge >= 0.3 is 11.8 Å². The van der Waals surface area contributed by atoms with Crippen molar-refractivity contribution in [2.75, 3.05) is 63.1 Å². The lowest BCUT2D eigenvalue weighted by atomic mass is 10.0. The number of likely N-dealkylation sites (tertiary alicyclic amines) is 1. The summed E-state index contributed by atoms with van der Waals surface area (Å²) in [5, 5.41) is 15.0. The number of imidazole rings is 1. The van der Waals surface area contributed by atoms with E-state index in [1.165, 1.54) is 31.5 Å². The molecule has 1 saturated heterocycles. The lowest BCUT2D eigenvalue weighted by Gasteiger charge is -2.43. The zero-order valence-corrected chi connectivity index (χ0v) is 34.0. The highest BCUT2D eigenvalue weighted by molar-refractivity contribution is 6.42. The van der Waals surface area contributed by atoms with E-state index in [0.29, 0.717) is 66.5 Å². The number of quaternary nitrogens is 1. The van der Waals surface area contributed by atoms with Gasteiger partial charge in [-0.2, -0.15) is 4.98 Å². The molecule has 0 unspecified atom stereocenters. The maximum atomic E-state index is 14.6. The topological polar surface area (TPSA) is 161 Å². The maximum Gasteiger partial charge on any atom is 0.390 e. The number of ether oxygens (including phenoxy) is 2. The van der Waals surface area contributed by atoms with Crippen molar-refractivity contribution in [3.8, 4) is 11.5 Å². The Kier molecular flexibility index (Phi) is 12.9. The molecule has 0 atom stereocenters. The van der Waals surface area contributed by atoms with E-state index in [-0.39, 0.29) is 68.5 Å². The first kappa shape index (κ1) is 41.2. The number of anilines is 4. The van der Waals surface area contributed by atoms with Gasteiger partial charge < -0.3 is 55.8 Å². The van der Waals surface area contributed by atoms with E-state index in [2.05, 4.69) is 15.3 Å². The predicted octanol–water partition coefficient (Wildman–Crippen LogP) is 2.96. The van der Waals surface area contributed by atoms with Gasteiger partial charge in [0.25, 0.3) is 0 Å². The molecule has 292 valence electrons. The van der Waals surface area contributed by atoms with Crippen LogP contribution < -0.4 is 41.6 Å². The number of methoxy groups -OCH3 is 2. The number of nitro groups is 1. The number of hydrogen-bond acceptors (Lipinski definition) is 10. The average molecular weight is 861 g/mol. The second-order valence-corrected chi connectivity index (χ2v) is 14.4. The average Bonchev–Trinajstić information content (AvgIpc) is 3.51. The first-order chi connectivity index (χ1) is 25.8. The van der Waals surface area contributed by atoms with E-state index in [1.54, 1.807) is 39.8 Å². The number of piperidine rings is 1. The van der Waals surface area contributed by atoms with Gasteiger partial charge in [-0.3, -0.25) is 14.6 Å². The minimum atomic E-state index is -0.486. The quantitative estimate of drug-likeness (QED) is 0.0972. The fourth-order valence-electron chi connectivity index (χ4n) is 6.64. The monoisotopic (exact) mass is 858 g/mol. The molecule has 6 rings (SSSR count). The van der Waals surface area contributed by atoms with Crippen LogP contribution in [0.4, 0.5) is 33.8 Å². The molecule has 4 heterocycles. The summed E-state index contributed by atoms with van der Waals surface area (Å²) in [5.74, 6) is 1.02. The maximum absolute atomic E-state index is 14.6. The SMILES string of the molecule is COc1cc(OC)c(Cl)c(N2Cc3cnc(Nc4ccccc4)nc3N(C3CCN(C(=O)/C=C/C[N+](C)(C)Cc4c([N+](=O)[O-])ncn4C)CC3)C2=O)c1Cl.[Br-]. The van der Waals surface area contributed by atoms with Gasteiger partial charge in [0, 0.05) is 55.8 Å². The standard InChI is InChI=1S/C36H41Cl2N10O6.BrH/c1-43-22-40-34(47(51)52)26(43)21-48(2,3)17-9-12-29(49)44-15-13-25(14-16-44)46-33-23(19-39-35(42-33)41-24-10-7-6-8-11-24)20-45(36(46)50)32-30(37)27(53-4)18-28(54-5)31(32)38;/h6-12,18-19,22,25H,13-17,20-21H2,1-5H3,(H,39,41,42);1H/q+1;/p-1/b12-9+;. The molecule has 19 heteroatoms. The number of carbonyl (C=O) groups excluding carboxylic acids is 2. The van der Waals surface area contributed by atoms with Gasteiger partial charge in [-0.05, 0) is 41.0 Å². The summed E-state index contributed by atoms with van der Waals surface area (Å²) in [7, 11) is 8.52. The van der Waals surface area contributed by atoms with Gasteiger partial charge in [0.2, 0.25) is 18.2 Å². The van der Waals surface area contributed by atoms with Crippen LogP contribution >= 0.6 is 23.2 Å². The van der Waals surface area contributed by atoms with Gasteiger partial charge in [-0.15, -0.1) is 0 Å². The van der Waals surface area contributed by atoms with E-state index >= 15 is 0 Å². The van der Waals surface area contributed by atoms with Gasteiger partial charge in [-0.1, -0.05) is 41.4 Å². The van der Waals surface area contributed by atoms with Crippen molar-refractivity contribution in [2.24, 2.45) is 7.05 Å². The number of carbonyl (C=O) groups is 2. The Morgan fingerprint density at radius 3 is 2.36 bits per heavy atom. The normalized spacial score (nSPS) is 14.8. The molecule has 2 aliphatic rings. The number of nitrogens with one attached hydrogen (secondary N) is 1. The third-order valence-corrected chi connectivity index (χ3v) is 10.2. The second-order valence-electron chi connectivity index (χ2n) is 13.6. The summed E-state index contributed by atoms with van der Waals surface area (Å²) in [6.07, 6.45) is 7.37. The zero-order chi connectivity index (χ0) is 38.7. The molecule has 0 radical (unpaired) electrons. The molecule has 0 aliphatic carbocycles. The number of aromatic nitrogens is 4. The highest BCUT2D eigenvalue weighted by Gasteiger charge is 2.41. The van der Waals surface area contributed by atoms with Crippen molar-refractivity contribution in [3.63, 3.8) is 0 Å². The van der Waals surface area contributed by atoms with Crippen LogP contribution in [0.3, 0.4) is 0 Å². The Hall–Kier alpha value is -4.97. The number of halogens is 3. The predicted molar refractivity (Wildman–Crippen MR) is 205 cm³/mol. The molecule has 2 aromatic carbocycles. The largest absolute Gasteiger partial charge is 1.00 e. The zero-order valence-electron chi connectivity index (χ0n) is 30.9. The third kappa shape index (κ3) is 8.80. The third-order valence-electron chi connectivity index (χ3n) is 9.47. The van der Waals surface area contributed by atoms with Crippen molar-refractivity contribution in [2.45, 2.75) is 32.0 Å². The van der Waals surface area contributed by atoms with Crippen molar-refractivity contribution < 1.29 is 45.5 Å². The fourth-order valence-corrected chi connectivity index (χ4v) is 7.34. The first-order valence-electron chi connectivity index (χ1n) is 17.1. The summed E-state index contributed by atoms with van der Waals surface area (Å²) in [6.45, 7) is 1.67. The molecule has 0 bridgehead atoms. The molecule has 1 N–H and O–H groups in total. The van der Waals surface area contributed by atoms with Crippen LogP contribution in [0.2, 0.25) is 10.0 Å². The van der Waals surface area contributed by atoms with E-state index in [1.807, 2.05) is 44.4 Å². The highest BCUT2D eigenvalue weighted by Crippen LogP contribution is 2.48. The molecule has 1 fully saturated rings. The van der Waals surface area contributed by atoms with Crippen molar-refractivity contribution in [1.29, 1.82) is 0 Å². The number of urea groups is 1. The molecule has 55 heavy (non-hydrogen) atoms. The minimum Gasteiger partial charge on any atom is -1.00 e. The number of likely N-dealkylation sites (N-methyl/N-ethyl adjacent to an activating group) is 1. The van der Waals surface area contributed by atoms with Crippen LogP contribution in [-0.2, 0) is 24.9 Å². The molecule has 4 aromatic rings. The van der Waals surface area contributed by atoms with Crippen LogP contribution in [0.5, 0.6) is 11.5 Å². The Morgan fingerprint density at radius 1 is 1.09 bits per heavy atom. The summed E-state index contributed by atoms with van der Waals surface area (Å²) in [5.41, 5.74) is 2.19. The van der Waals surface area contributed by atoms with E-state index in [9.17, 15) is 19.7 Å². The molecule has 2 aliphatic heterocycles. The molecule has 0 saturated carbocycles. The van der Waals surface area contributed by atoms with Crippen LogP contribution in [0.1, 0.15) is 24.1 Å².